The van der Waals surface area contributed by atoms with Crippen LogP contribution in [0.1, 0.15) is 12.1 Å². The molecule has 2 fully saturated rings. The van der Waals surface area contributed by atoms with E-state index in [0.717, 1.165) is 17.9 Å². The molecule has 5 heteroatoms. The van der Waals surface area contributed by atoms with Gasteiger partial charge in [0, 0.05) is 24.6 Å². The Morgan fingerprint density at radius 3 is 3.05 bits per heavy atom. The fraction of sp³-hybridized carbons (Fsp3) is 0.571. The Kier molecular flexibility index (Phi) is 3.38. The second-order valence-electron chi connectivity index (χ2n) is 5.18. The number of rotatable bonds is 3. The van der Waals surface area contributed by atoms with Crippen molar-refractivity contribution in [2.24, 2.45) is 5.92 Å². The average molecular weight is 262 g/mol. The second-order valence-corrected chi connectivity index (χ2v) is 5.18. The van der Waals surface area contributed by atoms with Gasteiger partial charge in [-0.1, -0.05) is 0 Å². The molecule has 5 nitrogen and oxygen atoms in total. The van der Waals surface area contributed by atoms with E-state index in [-0.39, 0.29) is 17.9 Å². The summed E-state index contributed by atoms with van der Waals surface area (Å²) in [6.07, 6.45) is 2.69. The van der Waals surface area contributed by atoms with Crippen LogP contribution < -0.4 is 4.74 Å². The van der Waals surface area contributed by atoms with Crippen molar-refractivity contribution in [3.05, 3.63) is 24.0 Å². The van der Waals surface area contributed by atoms with Gasteiger partial charge in [0.2, 0.25) is 5.91 Å². The molecular formula is C14H18N2O3. The number of amides is 1. The smallest absolute Gasteiger partial charge is 0.228 e. The van der Waals surface area contributed by atoms with Crippen LogP contribution in [0.25, 0.3) is 0 Å². The number of aromatic nitrogens is 1. The largest absolute Gasteiger partial charge is 0.487 e. The fourth-order valence-electron chi connectivity index (χ4n) is 2.47. The predicted octanol–water partition coefficient (Wildman–Crippen LogP) is 1.02. The van der Waals surface area contributed by atoms with Gasteiger partial charge in [-0.05, 0) is 19.4 Å². The second kappa shape index (κ2) is 5.17. The molecule has 0 N–H and O–H groups in total. The zero-order valence-electron chi connectivity index (χ0n) is 11.0. The van der Waals surface area contributed by atoms with Gasteiger partial charge >= 0.3 is 0 Å². The lowest BCUT2D eigenvalue weighted by molar-refractivity contribution is -0.144. The van der Waals surface area contributed by atoms with E-state index in [1.807, 2.05) is 24.0 Å². The van der Waals surface area contributed by atoms with Crippen molar-refractivity contribution in [2.45, 2.75) is 19.4 Å². The van der Waals surface area contributed by atoms with Crippen molar-refractivity contribution in [2.75, 3.05) is 26.3 Å². The molecular weight excluding hydrogens is 244 g/mol. The van der Waals surface area contributed by atoms with Gasteiger partial charge in [-0.3, -0.25) is 9.78 Å². The highest BCUT2D eigenvalue weighted by atomic mass is 16.5. The predicted molar refractivity (Wildman–Crippen MR) is 68.9 cm³/mol. The molecule has 0 spiro atoms. The SMILES string of the molecule is Cc1cc(OC2CN(C(=O)C3CCOC3)C2)ccn1. The maximum Gasteiger partial charge on any atom is 0.228 e. The van der Waals surface area contributed by atoms with Crippen LogP contribution in [-0.2, 0) is 9.53 Å². The first kappa shape index (κ1) is 12.4. The number of carbonyl (C=O) groups excluding carboxylic acids is 1. The Balaban J connectivity index is 1.48. The number of ether oxygens (including phenoxy) is 2. The van der Waals surface area contributed by atoms with E-state index in [4.69, 9.17) is 9.47 Å². The van der Waals surface area contributed by atoms with Crippen LogP contribution >= 0.6 is 0 Å². The number of hydrogen-bond donors (Lipinski definition) is 0. The summed E-state index contributed by atoms with van der Waals surface area (Å²) >= 11 is 0. The summed E-state index contributed by atoms with van der Waals surface area (Å²) in [6, 6.07) is 3.76. The highest BCUT2D eigenvalue weighted by Gasteiger charge is 2.37. The Morgan fingerprint density at radius 1 is 1.53 bits per heavy atom. The monoisotopic (exact) mass is 262 g/mol. The molecule has 1 unspecified atom stereocenters. The summed E-state index contributed by atoms with van der Waals surface area (Å²) in [5, 5.41) is 0. The summed E-state index contributed by atoms with van der Waals surface area (Å²) in [5.74, 6) is 1.10. The number of pyridine rings is 1. The van der Waals surface area contributed by atoms with Gasteiger partial charge in [0.15, 0.2) is 0 Å². The maximum atomic E-state index is 12.1. The molecule has 1 amide bonds. The minimum atomic E-state index is 0.0594. The van der Waals surface area contributed by atoms with Crippen molar-refractivity contribution < 1.29 is 14.3 Å². The quantitative estimate of drug-likeness (QED) is 0.816. The maximum absolute atomic E-state index is 12.1. The Bertz CT molecular complexity index is 466. The minimum absolute atomic E-state index is 0.0594. The molecule has 2 aliphatic heterocycles. The van der Waals surface area contributed by atoms with E-state index in [9.17, 15) is 4.79 Å². The van der Waals surface area contributed by atoms with Crippen molar-refractivity contribution in [3.63, 3.8) is 0 Å². The molecule has 0 aromatic carbocycles. The van der Waals surface area contributed by atoms with Crippen molar-refractivity contribution in [3.8, 4) is 5.75 Å². The summed E-state index contributed by atoms with van der Waals surface area (Å²) in [4.78, 5) is 18.0. The van der Waals surface area contributed by atoms with Crippen molar-refractivity contribution in [1.29, 1.82) is 0 Å². The molecule has 102 valence electrons. The Labute approximate surface area is 112 Å². The van der Waals surface area contributed by atoms with Gasteiger partial charge in [-0.15, -0.1) is 0 Å². The van der Waals surface area contributed by atoms with Crippen LogP contribution in [0.15, 0.2) is 18.3 Å². The third-order valence-electron chi connectivity index (χ3n) is 3.61. The molecule has 1 atom stereocenters. The van der Waals surface area contributed by atoms with Crippen LogP contribution in [0, 0.1) is 12.8 Å². The summed E-state index contributed by atoms with van der Waals surface area (Å²) in [6.45, 7) is 4.57. The number of aryl methyl sites for hydroxylation is 1. The zero-order chi connectivity index (χ0) is 13.2. The average Bonchev–Trinajstić information content (AvgIpc) is 2.86. The summed E-state index contributed by atoms with van der Waals surface area (Å²) in [5.41, 5.74) is 0.938. The third kappa shape index (κ3) is 2.71. The van der Waals surface area contributed by atoms with Crippen molar-refractivity contribution >= 4 is 5.91 Å². The van der Waals surface area contributed by atoms with Crippen LogP contribution in [0.2, 0.25) is 0 Å². The van der Waals surface area contributed by atoms with Gasteiger partial charge in [0.25, 0.3) is 0 Å². The Hall–Kier alpha value is -1.62. The molecule has 2 saturated heterocycles. The van der Waals surface area contributed by atoms with Crippen LogP contribution in [0.3, 0.4) is 0 Å². The van der Waals surface area contributed by atoms with Gasteiger partial charge in [0.05, 0.1) is 25.6 Å². The third-order valence-corrected chi connectivity index (χ3v) is 3.61. The van der Waals surface area contributed by atoms with E-state index in [2.05, 4.69) is 4.98 Å². The van der Waals surface area contributed by atoms with Crippen LogP contribution in [0.4, 0.5) is 0 Å². The minimum Gasteiger partial charge on any atom is -0.487 e. The van der Waals surface area contributed by atoms with Gasteiger partial charge in [-0.25, -0.2) is 0 Å². The lowest BCUT2D eigenvalue weighted by atomic mass is 10.0. The lowest BCUT2D eigenvalue weighted by Crippen LogP contribution is -2.57. The fourth-order valence-corrected chi connectivity index (χ4v) is 2.47. The number of likely N-dealkylation sites (tertiary alicyclic amines) is 1. The molecule has 1 aromatic heterocycles. The molecule has 19 heavy (non-hydrogen) atoms. The van der Waals surface area contributed by atoms with Crippen LogP contribution in [0.5, 0.6) is 5.75 Å². The molecule has 0 aliphatic carbocycles. The normalized spacial score (nSPS) is 23.2. The number of hydrogen-bond acceptors (Lipinski definition) is 4. The lowest BCUT2D eigenvalue weighted by Gasteiger charge is -2.40. The van der Waals surface area contributed by atoms with E-state index >= 15 is 0 Å². The zero-order valence-corrected chi connectivity index (χ0v) is 11.0. The van der Waals surface area contributed by atoms with Gasteiger partial charge < -0.3 is 14.4 Å². The van der Waals surface area contributed by atoms with E-state index in [1.165, 1.54) is 0 Å². The van der Waals surface area contributed by atoms with E-state index in [1.54, 1.807) is 6.20 Å². The molecule has 3 heterocycles. The summed E-state index contributed by atoms with van der Waals surface area (Å²) in [7, 11) is 0. The summed E-state index contributed by atoms with van der Waals surface area (Å²) < 4.78 is 11.1. The first-order valence-corrected chi connectivity index (χ1v) is 6.68. The van der Waals surface area contributed by atoms with Crippen molar-refractivity contribution in [1.82, 2.24) is 9.88 Å². The molecule has 0 bridgehead atoms. The van der Waals surface area contributed by atoms with Crippen LogP contribution in [-0.4, -0.2) is 48.2 Å². The highest BCUT2D eigenvalue weighted by Crippen LogP contribution is 2.22. The standard InChI is InChI=1S/C14H18N2O3/c1-10-6-12(2-4-15-10)19-13-7-16(8-13)14(17)11-3-5-18-9-11/h2,4,6,11,13H,3,5,7-9H2,1H3. The van der Waals surface area contributed by atoms with Gasteiger partial charge in [-0.2, -0.15) is 0 Å². The topological polar surface area (TPSA) is 51.7 Å². The number of nitrogens with zero attached hydrogens (tertiary/aromatic N) is 2. The Morgan fingerprint density at radius 2 is 2.37 bits per heavy atom. The van der Waals surface area contributed by atoms with E-state index < -0.39 is 0 Å². The van der Waals surface area contributed by atoms with E-state index in [0.29, 0.717) is 26.3 Å². The molecule has 0 radical (unpaired) electrons. The first-order chi connectivity index (χ1) is 9.22. The first-order valence-electron chi connectivity index (χ1n) is 6.68. The molecule has 1 aromatic rings. The molecule has 3 rings (SSSR count). The number of carbonyl (C=O) groups is 1. The molecule has 0 saturated carbocycles. The molecule has 2 aliphatic rings. The van der Waals surface area contributed by atoms with Gasteiger partial charge in [0.1, 0.15) is 11.9 Å². The highest BCUT2D eigenvalue weighted by molar-refractivity contribution is 5.80.